The van der Waals surface area contributed by atoms with Crippen molar-refractivity contribution in [2.24, 2.45) is 5.41 Å². The molecule has 0 aromatic rings. The van der Waals surface area contributed by atoms with Crippen molar-refractivity contribution >= 4 is 6.09 Å². The maximum Gasteiger partial charge on any atom is 0.404 e. The predicted octanol–water partition coefficient (Wildman–Crippen LogP) is 1.20. The number of hydrogen-bond donors (Lipinski definition) is 2. The van der Waals surface area contributed by atoms with Gasteiger partial charge in [-0.2, -0.15) is 0 Å². The Kier molecular flexibility index (Phi) is 3.78. The Balaban J connectivity index is 3.78. The number of amides is 1. The van der Waals surface area contributed by atoms with Gasteiger partial charge in [-0.25, -0.2) is 4.79 Å². The van der Waals surface area contributed by atoms with E-state index in [4.69, 9.17) is 5.11 Å². The van der Waals surface area contributed by atoms with E-state index in [1.807, 2.05) is 5.32 Å². The van der Waals surface area contributed by atoms with Gasteiger partial charge in [0.25, 0.3) is 0 Å². The van der Waals surface area contributed by atoms with Gasteiger partial charge >= 0.3 is 6.09 Å². The summed E-state index contributed by atoms with van der Waals surface area (Å²) in [6.45, 7) is -0.605. The number of halogens is 2. The van der Waals surface area contributed by atoms with E-state index >= 15 is 0 Å². The molecule has 66 valence electrons. The average Bonchev–Trinajstić information content (AvgIpc) is 2.00. The summed E-state index contributed by atoms with van der Waals surface area (Å²) in [5, 5.41) is 10.0. The van der Waals surface area contributed by atoms with Gasteiger partial charge in [0.1, 0.15) is 0 Å². The third-order valence-electron chi connectivity index (χ3n) is 1.31. The standard InChI is InChI=1S/C6H11F2NO2/c1-6(2-7,3-8)4-9-5(10)11/h9H,2-4H2,1H3,(H,10,11). The number of rotatable bonds is 4. The fraction of sp³-hybridized carbons (Fsp3) is 0.833. The van der Waals surface area contributed by atoms with Crippen LogP contribution in [0.1, 0.15) is 6.92 Å². The van der Waals surface area contributed by atoms with Crippen molar-refractivity contribution in [3.8, 4) is 0 Å². The predicted molar refractivity (Wildman–Crippen MR) is 36.1 cm³/mol. The van der Waals surface area contributed by atoms with E-state index < -0.39 is 24.9 Å². The van der Waals surface area contributed by atoms with Crippen molar-refractivity contribution in [3.63, 3.8) is 0 Å². The van der Waals surface area contributed by atoms with Crippen molar-refractivity contribution < 1.29 is 18.7 Å². The highest BCUT2D eigenvalue weighted by atomic mass is 19.1. The average molecular weight is 167 g/mol. The molecule has 0 rings (SSSR count). The first-order chi connectivity index (χ1) is 5.04. The second-order valence-electron chi connectivity index (χ2n) is 2.74. The zero-order valence-electron chi connectivity index (χ0n) is 6.23. The summed E-state index contributed by atoms with van der Waals surface area (Å²) in [5.41, 5.74) is -1.21. The zero-order valence-corrected chi connectivity index (χ0v) is 6.23. The van der Waals surface area contributed by atoms with Crippen LogP contribution in [-0.2, 0) is 0 Å². The Labute approximate surface area is 63.4 Å². The van der Waals surface area contributed by atoms with E-state index in [2.05, 4.69) is 0 Å². The SMILES string of the molecule is CC(CF)(CF)CNC(=O)O. The highest BCUT2D eigenvalue weighted by molar-refractivity contribution is 5.64. The maximum absolute atomic E-state index is 12.0. The van der Waals surface area contributed by atoms with Crippen LogP contribution >= 0.6 is 0 Å². The Morgan fingerprint density at radius 1 is 1.55 bits per heavy atom. The maximum atomic E-state index is 12.0. The van der Waals surface area contributed by atoms with Gasteiger partial charge in [0.05, 0.1) is 13.3 Å². The van der Waals surface area contributed by atoms with E-state index in [0.29, 0.717) is 0 Å². The molecule has 0 spiro atoms. The molecule has 1 amide bonds. The van der Waals surface area contributed by atoms with E-state index in [0.717, 1.165) is 0 Å². The van der Waals surface area contributed by atoms with Gasteiger partial charge < -0.3 is 10.4 Å². The zero-order chi connectivity index (χ0) is 8.91. The number of carbonyl (C=O) groups is 1. The molecule has 0 unspecified atom stereocenters. The summed E-state index contributed by atoms with van der Waals surface area (Å²) in [6.07, 6.45) is -1.27. The summed E-state index contributed by atoms with van der Waals surface area (Å²) >= 11 is 0. The van der Waals surface area contributed by atoms with Crippen molar-refractivity contribution in [1.82, 2.24) is 5.32 Å². The van der Waals surface area contributed by atoms with Crippen molar-refractivity contribution in [1.29, 1.82) is 0 Å². The lowest BCUT2D eigenvalue weighted by Crippen LogP contribution is -2.37. The Morgan fingerprint density at radius 2 is 2.00 bits per heavy atom. The van der Waals surface area contributed by atoms with E-state index in [1.165, 1.54) is 6.92 Å². The number of carboxylic acid groups (broad SMARTS) is 1. The van der Waals surface area contributed by atoms with Crippen molar-refractivity contribution in [2.45, 2.75) is 6.92 Å². The second kappa shape index (κ2) is 4.10. The Hall–Kier alpha value is -0.870. The first kappa shape index (κ1) is 10.1. The van der Waals surface area contributed by atoms with Crippen LogP contribution in [-0.4, -0.2) is 31.1 Å². The Bertz CT molecular complexity index is 137. The van der Waals surface area contributed by atoms with Crippen LogP contribution in [0.2, 0.25) is 0 Å². The smallest absolute Gasteiger partial charge is 0.404 e. The van der Waals surface area contributed by atoms with Crippen LogP contribution < -0.4 is 5.32 Å². The fourth-order valence-corrected chi connectivity index (χ4v) is 0.419. The summed E-state index contributed by atoms with van der Waals surface area (Å²) < 4.78 is 24.0. The molecule has 0 saturated carbocycles. The molecule has 0 aromatic heterocycles. The highest BCUT2D eigenvalue weighted by Crippen LogP contribution is 2.15. The highest BCUT2D eigenvalue weighted by Gasteiger charge is 2.24. The molecule has 5 heteroatoms. The molecule has 0 aromatic carbocycles. The lowest BCUT2D eigenvalue weighted by atomic mass is 9.95. The molecular formula is C6H11F2NO2. The summed E-state index contributed by atoms with van der Waals surface area (Å²) in [6, 6.07) is 0. The topological polar surface area (TPSA) is 49.3 Å². The largest absolute Gasteiger partial charge is 0.465 e. The quantitative estimate of drug-likeness (QED) is 0.660. The molecule has 0 aliphatic rings. The lowest BCUT2D eigenvalue weighted by Gasteiger charge is -2.21. The summed E-state index contributed by atoms with van der Waals surface area (Å²) in [4.78, 5) is 9.92. The van der Waals surface area contributed by atoms with Gasteiger partial charge in [-0.3, -0.25) is 8.78 Å². The van der Waals surface area contributed by atoms with Gasteiger partial charge in [-0.05, 0) is 0 Å². The van der Waals surface area contributed by atoms with Crippen LogP contribution in [0.25, 0.3) is 0 Å². The molecule has 0 saturated heterocycles. The Morgan fingerprint density at radius 3 is 2.27 bits per heavy atom. The summed E-state index contributed by atoms with van der Waals surface area (Å²) in [7, 11) is 0. The van der Waals surface area contributed by atoms with Gasteiger partial charge in [0.15, 0.2) is 0 Å². The van der Waals surface area contributed by atoms with Gasteiger partial charge in [0, 0.05) is 12.0 Å². The normalized spacial score (nSPS) is 11.2. The molecule has 11 heavy (non-hydrogen) atoms. The molecule has 0 fully saturated rings. The first-order valence-electron chi connectivity index (χ1n) is 3.13. The molecule has 2 N–H and O–H groups in total. The van der Waals surface area contributed by atoms with Crippen LogP contribution in [0.5, 0.6) is 0 Å². The number of alkyl halides is 2. The second-order valence-corrected chi connectivity index (χ2v) is 2.74. The minimum atomic E-state index is -1.27. The van der Waals surface area contributed by atoms with E-state index in [1.54, 1.807) is 0 Å². The fourth-order valence-electron chi connectivity index (χ4n) is 0.419. The molecule has 0 radical (unpaired) electrons. The minimum absolute atomic E-state index is 0.199. The van der Waals surface area contributed by atoms with Gasteiger partial charge in [-0.15, -0.1) is 0 Å². The van der Waals surface area contributed by atoms with E-state index in [-0.39, 0.29) is 6.54 Å². The van der Waals surface area contributed by atoms with E-state index in [9.17, 15) is 13.6 Å². The monoisotopic (exact) mass is 167 g/mol. The first-order valence-corrected chi connectivity index (χ1v) is 3.13. The molecule has 3 nitrogen and oxygen atoms in total. The van der Waals surface area contributed by atoms with Gasteiger partial charge in [-0.1, -0.05) is 6.92 Å². The molecule has 0 atom stereocenters. The lowest BCUT2D eigenvalue weighted by molar-refractivity contribution is 0.155. The molecule has 0 aliphatic carbocycles. The molecular weight excluding hydrogens is 156 g/mol. The van der Waals surface area contributed by atoms with Crippen LogP contribution in [0.15, 0.2) is 0 Å². The molecule has 0 bridgehead atoms. The number of nitrogens with one attached hydrogen (secondary N) is 1. The van der Waals surface area contributed by atoms with Crippen molar-refractivity contribution in [2.75, 3.05) is 19.9 Å². The third-order valence-corrected chi connectivity index (χ3v) is 1.31. The van der Waals surface area contributed by atoms with Gasteiger partial charge in [0.2, 0.25) is 0 Å². The number of hydrogen-bond acceptors (Lipinski definition) is 1. The molecule has 0 heterocycles. The minimum Gasteiger partial charge on any atom is -0.465 e. The third kappa shape index (κ3) is 3.75. The van der Waals surface area contributed by atoms with Crippen molar-refractivity contribution in [3.05, 3.63) is 0 Å². The van der Waals surface area contributed by atoms with Crippen LogP contribution in [0, 0.1) is 5.41 Å². The van der Waals surface area contributed by atoms with Crippen LogP contribution in [0.4, 0.5) is 13.6 Å². The van der Waals surface area contributed by atoms with Crippen LogP contribution in [0.3, 0.4) is 0 Å². The summed E-state index contributed by atoms with van der Waals surface area (Å²) in [5.74, 6) is 0. The molecule has 0 aliphatic heterocycles.